The van der Waals surface area contributed by atoms with Crippen LogP contribution in [-0.4, -0.2) is 72.3 Å². The van der Waals surface area contributed by atoms with Gasteiger partial charge in [-0.2, -0.15) is 0 Å². The molecule has 1 aromatic carbocycles. The highest BCUT2D eigenvalue weighted by molar-refractivity contribution is 6.30. The van der Waals surface area contributed by atoms with Crippen molar-refractivity contribution < 1.29 is 9.59 Å². The lowest BCUT2D eigenvalue weighted by molar-refractivity contribution is -0.139. The molecular weight excluding hydrogens is 350 g/mol. The third-order valence-electron chi connectivity index (χ3n) is 5.34. The summed E-state index contributed by atoms with van der Waals surface area (Å²) in [5, 5.41) is 0.705. The maximum absolute atomic E-state index is 12.4. The van der Waals surface area contributed by atoms with Crippen LogP contribution in [0.15, 0.2) is 24.3 Å². The second kappa shape index (κ2) is 9.38. The normalized spacial score (nSPS) is 18.3. The number of carbonyl (C=O) groups is 2. The molecule has 1 aromatic rings. The van der Waals surface area contributed by atoms with Crippen LogP contribution in [0.3, 0.4) is 0 Å². The predicted octanol–water partition coefficient (Wildman–Crippen LogP) is 2.43. The smallest absolute Gasteiger partial charge is 0.223 e. The van der Waals surface area contributed by atoms with Crippen LogP contribution in [-0.2, 0) is 16.0 Å². The molecule has 2 amide bonds. The van der Waals surface area contributed by atoms with E-state index in [0.29, 0.717) is 50.5 Å². The van der Waals surface area contributed by atoms with E-state index in [1.807, 2.05) is 34.1 Å². The van der Waals surface area contributed by atoms with Crippen molar-refractivity contribution in [3.05, 3.63) is 34.9 Å². The summed E-state index contributed by atoms with van der Waals surface area (Å²) in [6.45, 7) is 5.72. The van der Waals surface area contributed by atoms with Crippen molar-refractivity contribution in [1.29, 1.82) is 0 Å². The molecule has 2 aliphatic rings. The Morgan fingerprint density at radius 2 is 1.50 bits per heavy atom. The minimum Gasteiger partial charge on any atom is -0.339 e. The van der Waals surface area contributed by atoms with E-state index in [1.165, 1.54) is 12.8 Å². The van der Waals surface area contributed by atoms with Crippen LogP contribution in [0.4, 0.5) is 0 Å². The van der Waals surface area contributed by atoms with Crippen LogP contribution in [0.1, 0.15) is 31.2 Å². The van der Waals surface area contributed by atoms with Crippen molar-refractivity contribution >= 4 is 23.4 Å². The quantitative estimate of drug-likeness (QED) is 0.764. The van der Waals surface area contributed by atoms with E-state index in [1.54, 1.807) is 0 Å². The zero-order chi connectivity index (χ0) is 18.4. The van der Waals surface area contributed by atoms with Gasteiger partial charge in [0, 0.05) is 50.6 Å². The highest BCUT2D eigenvalue weighted by atomic mass is 35.5. The summed E-state index contributed by atoms with van der Waals surface area (Å²) in [4.78, 5) is 30.9. The van der Waals surface area contributed by atoms with Crippen molar-refractivity contribution in [2.75, 3.05) is 45.8 Å². The minimum atomic E-state index is 0.161. The summed E-state index contributed by atoms with van der Waals surface area (Å²) >= 11 is 5.99. The molecule has 0 aliphatic carbocycles. The fourth-order valence-corrected chi connectivity index (χ4v) is 3.94. The van der Waals surface area contributed by atoms with Gasteiger partial charge in [-0.1, -0.05) is 23.7 Å². The number of amides is 2. The molecule has 0 aromatic heterocycles. The van der Waals surface area contributed by atoms with E-state index in [4.69, 9.17) is 11.6 Å². The maximum atomic E-state index is 12.4. The minimum absolute atomic E-state index is 0.161. The molecule has 2 aliphatic heterocycles. The number of benzene rings is 1. The number of rotatable bonds is 6. The number of hydrogen-bond acceptors (Lipinski definition) is 3. The first-order chi connectivity index (χ1) is 12.6. The fourth-order valence-electron chi connectivity index (χ4n) is 3.73. The third kappa shape index (κ3) is 5.45. The van der Waals surface area contributed by atoms with Gasteiger partial charge in [0.15, 0.2) is 0 Å². The van der Waals surface area contributed by atoms with Crippen LogP contribution < -0.4 is 0 Å². The van der Waals surface area contributed by atoms with Crippen LogP contribution >= 0.6 is 11.6 Å². The topological polar surface area (TPSA) is 43.9 Å². The third-order valence-corrected chi connectivity index (χ3v) is 5.58. The Balaban J connectivity index is 1.37. The van der Waals surface area contributed by atoms with E-state index in [9.17, 15) is 9.59 Å². The first kappa shape index (κ1) is 19.2. The summed E-state index contributed by atoms with van der Waals surface area (Å²) < 4.78 is 0. The number of hydrogen-bond donors (Lipinski definition) is 0. The summed E-state index contributed by atoms with van der Waals surface area (Å²) in [7, 11) is 0. The molecular formula is C20H28ClN3O2. The summed E-state index contributed by atoms with van der Waals surface area (Å²) in [6, 6.07) is 7.66. The fraction of sp³-hybridized carbons (Fsp3) is 0.600. The van der Waals surface area contributed by atoms with Gasteiger partial charge in [0.1, 0.15) is 0 Å². The SMILES string of the molecule is O=C(CCc1cccc(Cl)c1)N1CCN(C(=O)CCN2CCCC2)CC1. The van der Waals surface area contributed by atoms with E-state index in [2.05, 4.69) is 4.90 Å². The molecule has 0 radical (unpaired) electrons. The van der Waals surface area contributed by atoms with Gasteiger partial charge in [-0.05, 0) is 50.0 Å². The van der Waals surface area contributed by atoms with Crippen molar-refractivity contribution in [2.24, 2.45) is 0 Å². The van der Waals surface area contributed by atoms with Gasteiger partial charge in [-0.15, -0.1) is 0 Å². The zero-order valence-corrected chi connectivity index (χ0v) is 16.1. The second-order valence-electron chi connectivity index (χ2n) is 7.19. The number of halogens is 1. The van der Waals surface area contributed by atoms with Gasteiger partial charge in [0.05, 0.1) is 0 Å². The summed E-state index contributed by atoms with van der Waals surface area (Å²) in [6.07, 6.45) is 4.30. The molecule has 2 fully saturated rings. The molecule has 2 heterocycles. The Morgan fingerprint density at radius 1 is 0.885 bits per heavy atom. The van der Waals surface area contributed by atoms with Gasteiger partial charge >= 0.3 is 0 Å². The van der Waals surface area contributed by atoms with Gasteiger partial charge < -0.3 is 14.7 Å². The highest BCUT2D eigenvalue weighted by Crippen LogP contribution is 2.14. The lowest BCUT2D eigenvalue weighted by Gasteiger charge is -2.35. The van der Waals surface area contributed by atoms with Gasteiger partial charge in [-0.25, -0.2) is 0 Å². The maximum Gasteiger partial charge on any atom is 0.223 e. The zero-order valence-electron chi connectivity index (χ0n) is 15.3. The number of nitrogens with zero attached hydrogens (tertiary/aromatic N) is 3. The lowest BCUT2D eigenvalue weighted by atomic mass is 10.1. The van der Waals surface area contributed by atoms with Crippen LogP contribution in [0, 0.1) is 0 Å². The standard InChI is InChI=1S/C20H28ClN3O2/c21-18-5-3-4-17(16-18)6-7-19(25)23-12-14-24(15-13-23)20(26)8-11-22-9-1-2-10-22/h3-5,16H,1-2,6-15H2. The molecule has 0 N–H and O–H groups in total. The molecule has 2 saturated heterocycles. The number of carbonyl (C=O) groups excluding carboxylic acids is 2. The molecule has 5 nitrogen and oxygen atoms in total. The lowest BCUT2D eigenvalue weighted by Crippen LogP contribution is -2.51. The predicted molar refractivity (Wildman–Crippen MR) is 103 cm³/mol. The Hall–Kier alpha value is -1.59. The Morgan fingerprint density at radius 3 is 2.12 bits per heavy atom. The number of piperazine rings is 1. The summed E-state index contributed by atoms with van der Waals surface area (Å²) in [5.74, 6) is 0.386. The number of aryl methyl sites for hydroxylation is 1. The Kier molecular flexibility index (Phi) is 6.92. The molecule has 0 bridgehead atoms. The van der Waals surface area contributed by atoms with E-state index < -0.39 is 0 Å². The number of likely N-dealkylation sites (tertiary alicyclic amines) is 1. The first-order valence-electron chi connectivity index (χ1n) is 9.64. The Labute approximate surface area is 160 Å². The highest BCUT2D eigenvalue weighted by Gasteiger charge is 2.24. The monoisotopic (exact) mass is 377 g/mol. The largest absolute Gasteiger partial charge is 0.339 e. The Bertz CT molecular complexity index is 623. The molecule has 0 spiro atoms. The van der Waals surface area contributed by atoms with Crippen molar-refractivity contribution in [3.63, 3.8) is 0 Å². The molecule has 3 rings (SSSR count). The van der Waals surface area contributed by atoms with E-state index in [-0.39, 0.29) is 11.8 Å². The molecule has 0 saturated carbocycles. The van der Waals surface area contributed by atoms with Gasteiger partial charge in [-0.3, -0.25) is 9.59 Å². The van der Waals surface area contributed by atoms with Crippen LogP contribution in [0.5, 0.6) is 0 Å². The summed E-state index contributed by atoms with van der Waals surface area (Å²) in [5.41, 5.74) is 1.08. The molecule has 0 atom stereocenters. The van der Waals surface area contributed by atoms with Crippen LogP contribution in [0.25, 0.3) is 0 Å². The molecule has 6 heteroatoms. The van der Waals surface area contributed by atoms with Gasteiger partial charge in [0.25, 0.3) is 0 Å². The van der Waals surface area contributed by atoms with Crippen molar-refractivity contribution in [1.82, 2.24) is 14.7 Å². The first-order valence-corrected chi connectivity index (χ1v) is 10.0. The molecule has 26 heavy (non-hydrogen) atoms. The van der Waals surface area contributed by atoms with Crippen LogP contribution in [0.2, 0.25) is 5.02 Å². The van der Waals surface area contributed by atoms with E-state index >= 15 is 0 Å². The van der Waals surface area contributed by atoms with E-state index in [0.717, 1.165) is 25.2 Å². The molecule has 142 valence electrons. The average molecular weight is 378 g/mol. The van der Waals surface area contributed by atoms with Crippen molar-refractivity contribution in [2.45, 2.75) is 32.1 Å². The second-order valence-corrected chi connectivity index (χ2v) is 7.63. The van der Waals surface area contributed by atoms with Crippen molar-refractivity contribution in [3.8, 4) is 0 Å². The molecule has 0 unspecified atom stereocenters. The average Bonchev–Trinajstić information content (AvgIpc) is 3.18. The van der Waals surface area contributed by atoms with Gasteiger partial charge in [0.2, 0.25) is 11.8 Å².